The number of hydrogen-bond donors (Lipinski definition) is 1. The van der Waals surface area contributed by atoms with Crippen LogP contribution in [0.3, 0.4) is 0 Å². The number of fused-ring (bicyclic) bond motifs is 1. The first kappa shape index (κ1) is 11.3. The largest absolute Gasteiger partial charge is 0.373 e. The van der Waals surface area contributed by atoms with Gasteiger partial charge in [-0.1, -0.05) is 0 Å². The molecule has 2 fully saturated rings. The molecule has 5 heteroatoms. The summed E-state index contributed by atoms with van der Waals surface area (Å²) in [5, 5.41) is 9.67. The number of aliphatic hydroxyl groups excluding tert-OH is 1. The fourth-order valence-corrected chi connectivity index (χ4v) is 2.22. The first-order chi connectivity index (χ1) is 6.94. The maximum absolute atomic E-state index is 9.67. The summed E-state index contributed by atoms with van der Waals surface area (Å²) in [6.45, 7) is 5.55. The Kier molecular flexibility index (Phi) is 2.77. The summed E-state index contributed by atoms with van der Waals surface area (Å²) in [6.07, 6.45) is -2.10. The molecular weight excluding hydrogens is 200 g/mol. The molecule has 2 heterocycles. The maximum Gasteiger partial charge on any atom is 0.184 e. The van der Waals surface area contributed by atoms with Crippen LogP contribution in [0.2, 0.25) is 0 Å². The molecule has 0 saturated carbocycles. The Morgan fingerprint density at radius 2 is 1.80 bits per heavy atom. The van der Waals surface area contributed by atoms with Crippen molar-refractivity contribution in [1.29, 1.82) is 0 Å². The van der Waals surface area contributed by atoms with E-state index in [9.17, 15) is 5.11 Å². The first-order valence-electron chi connectivity index (χ1n) is 5.16. The fourth-order valence-electron chi connectivity index (χ4n) is 2.22. The summed E-state index contributed by atoms with van der Waals surface area (Å²) >= 11 is 0. The minimum absolute atomic E-state index is 0.187. The van der Waals surface area contributed by atoms with Gasteiger partial charge >= 0.3 is 0 Å². The molecule has 0 radical (unpaired) electrons. The van der Waals surface area contributed by atoms with E-state index in [0.717, 1.165) is 0 Å². The lowest BCUT2D eigenvalue weighted by molar-refractivity contribution is -0.261. The Hall–Kier alpha value is -0.200. The number of rotatable bonds is 1. The Morgan fingerprint density at radius 1 is 1.20 bits per heavy atom. The van der Waals surface area contributed by atoms with Gasteiger partial charge < -0.3 is 24.1 Å². The molecule has 0 aromatic heterocycles. The zero-order valence-corrected chi connectivity index (χ0v) is 9.47. The van der Waals surface area contributed by atoms with Gasteiger partial charge in [0.1, 0.15) is 18.3 Å². The van der Waals surface area contributed by atoms with Crippen molar-refractivity contribution in [1.82, 2.24) is 0 Å². The van der Waals surface area contributed by atoms with Gasteiger partial charge in [-0.05, 0) is 20.8 Å². The van der Waals surface area contributed by atoms with Crippen LogP contribution in [0.4, 0.5) is 0 Å². The van der Waals surface area contributed by atoms with Gasteiger partial charge in [0.2, 0.25) is 0 Å². The number of ether oxygens (including phenoxy) is 4. The normalized spacial score (nSPS) is 49.0. The van der Waals surface area contributed by atoms with Crippen molar-refractivity contribution in [2.75, 3.05) is 7.11 Å². The van der Waals surface area contributed by atoms with Gasteiger partial charge in [-0.25, -0.2) is 0 Å². The van der Waals surface area contributed by atoms with Crippen LogP contribution in [0.5, 0.6) is 0 Å². The van der Waals surface area contributed by atoms with E-state index in [0.29, 0.717) is 0 Å². The lowest BCUT2D eigenvalue weighted by Crippen LogP contribution is -2.55. The van der Waals surface area contributed by atoms with Crippen LogP contribution in [0.15, 0.2) is 0 Å². The molecular formula is C10H18O5. The summed E-state index contributed by atoms with van der Waals surface area (Å²) in [7, 11) is 1.53. The van der Waals surface area contributed by atoms with E-state index in [4.69, 9.17) is 18.9 Å². The molecule has 2 aliphatic heterocycles. The van der Waals surface area contributed by atoms with Crippen LogP contribution in [-0.4, -0.2) is 48.7 Å². The summed E-state index contributed by atoms with van der Waals surface area (Å²) in [5.41, 5.74) is 0. The molecule has 0 aromatic rings. The molecule has 88 valence electrons. The average molecular weight is 218 g/mol. The molecule has 0 amide bonds. The molecule has 0 spiro atoms. The SMILES string of the molecule is CO[C@@H]1[C@H]2OC(C)(C)O[C@H]2[C@@H](C)O[C@@H]1O. The second-order valence-electron chi connectivity index (χ2n) is 4.50. The summed E-state index contributed by atoms with van der Waals surface area (Å²) < 4.78 is 21.9. The fraction of sp³-hybridized carbons (Fsp3) is 1.00. The van der Waals surface area contributed by atoms with E-state index < -0.39 is 18.2 Å². The molecule has 2 rings (SSSR count). The van der Waals surface area contributed by atoms with Crippen LogP contribution >= 0.6 is 0 Å². The van der Waals surface area contributed by atoms with Gasteiger partial charge in [-0.2, -0.15) is 0 Å². The predicted octanol–water partition coefficient (Wildman–Crippen LogP) is 0.259. The maximum atomic E-state index is 9.67. The lowest BCUT2D eigenvalue weighted by Gasteiger charge is -2.37. The van der Waals surface area contributed by atoms with Crippen molar-refractivity contribution in [2.24, 2.45) is 0 Å². The minimum Gasteiger partial charge on any atom is -0.373 e. The van der Waals surface area contributed by atoms with Crippen LogP contribution in [0.25, 0.3) is 0 Å². The van der Waals surface area contributed by atoms with Gasteiger partial charge in [0.05, 0.1) is 6.10 Å². The molecule has 5 nitrogen and oxygen atoms in total. The van der Waals surface area contributed by atoms with Crippen LogP contribution in [-0.2, 0) is 18.9 Å². The summed E-state index contributed by atoms with van der Waals surface area (Å²) in [4.78, 5) is 0. The first-order valence-corrected chi connectivity index (χ1v) is 5.16. The Labute approximate surface area is 89.3 Å². The third-order valence-electron chi connectivity index (χ3n) is 2.86. The van der Waals surface area contributed by atoms with Gasteiger partial charge in [0.15, 0.2) is 12.1 Å². The van der Waals surface area contributed by atoms with Crippen LogP contribution < -0.4 is 0 Å². The highest BCUT2D eigenvalue weighted by Gasteiger charge is 2.53. The Morgan fingerprint density at radius 3 is 2.40 bits per heavy atom. The molecule has 0 bridgehead atoms. The molecule has 1 N–H and O–H groups in total. The van der Waals surface area contributed by atoms with Crippen molar-refractivity contribution in [3.05, 3.63) is 0 Å². The van der Waals surface area contributed by atoms with E-state index >= 15 is 0 Å². The van der Waals surface area contributed by atoms with E-state index in [2.05, 4.69) is 0 Å². The second kappa shape index (κ2) is 3.68. The molecule has 0 unspecified atom stereocenters. The van der Waals surface area contributed by atoms with E-state index in [1.54, 1.807) is 0 Å². The molecule has 0 aromatic carbocycles. The average Bonchev–Trinajstić information content (AvgIpc) is 2.42. The van der Waals surface area contributed by atoms with Crippen molar-refractivity contribution < 1.29 is 24.1 Å². The Bertz CT molecular complexity index is 242. The predicted molar refractivity (Wildman–Crippen MR) is 51.2 cm³/mol. The molecule has 2 saturated heterocycles. The zero-order chi connectivity index (χ0) is 11.2. The van der Waals surface area contributed by atoms with Gasteiger partial charge in [0.25, 0.3) is 0 Å². The number of aliphatic hydroxyl groups is 1. The van der Waals surface area contributed by atoms with E-state index in [1.807, 2.05) is 20.8 Å². The Balaban J connectivity index is 2.19. The van der Waals surface area contributed by atoms with Crippen molar-refractivity contribution >= 4 is 0 Å². The standard InChI is InChI=1S/C10H18O5/c1-5-6-7(15-10(2,3)14-6)8(12-4)9(11)13-5/h5-9,11H,1-4H3/t5-,6+,7+,8-,9+/m1/s1. The second-order valence-corrected chi connectivity index (χ2v) is 4.50. The molecule has 2 aliphatic rings. The number of hydrogen-bond acceptors (Lipinski definition) is 5. The monoisotopic (exact) mass is 218 g/mol. The highest BCUT2D eigenvalue weighted by molar-refractivity contribution is 4.95. The smallest absolute Gasteiger partial charge is 0.184 e. The highest BCUT2D eigenvalue weighted by atomic mass is 16.8. The van der Waals surface area contributed by atoms with Gasteiger partial charge in [-0.15, -0.1) is 0 Å². The third kappa shape index (κ3) is 1.90. The van der Waals surface area contributed by atoms with Crippen molar-refractivity contribution in [3.63, 3.8) is 0 Å². The molecule has 5 atom stereocenters. The van der Waals surface area contributed by atoms with Crippen molar-refractivity contribution in [3.8, 4) is 0 Å². The van der Waals surface area contributed by atoms with Gasteiger partial charge in [-0.3, -0.25) is 0 Å². The van der Waals surface area contributed by atoms with E-state index in [-0.39, 0.29) is 18.3 Å². The minimum atomic E-state index is -0.955. The molecule has 15 heavy (non-hydrogen) atoms. The zero-order valence-electron chi connectivity index (χ0n) is 9.47. The lowest BCUT2D eigenvalue weighted by atomic mass is 10.00. The molecule has 0 aliphatic carbocycles. The van der Waals surface area contributed by atoms with Crippen LogP contribution in [0, 0.1) is 0 Å². The quantitative estimate of drug-likeness (QED) is 0.684. The van der Waals surface area contributed by atoms with E-state index in [1.165, 1.54) is 7.11 Å². The van der Waals surface area contributed by atoms with Gasteiger partial charge in [0, 0.05) is 7.11 Å². The summed E-state index contributed by atoms with van der Waals surface area (Å²) in [6, 6.07) is 0. The third-order valence-corrected chi connectivity index (χ3v) is 2.86. The topological polar surface area (TPSA) is 57.2 Å². The summed E-state index contributed by atoms with van der Waals surface area (Å²) in [5.74, 6) is -0.645. The van der Waals surface area contributed by atoms with Crippen molar-refractivity contribution in [2.45, 2.75) is 57.3 Å². The van der Waals surface area contributed by atoms with Crippen LogP contribution in [0.1, 0.15) is 20.8 Å². The highest BCUT2D eigenvalue weighted by Crippen LogP contribution is 2.37. The number of methoxy groups -OCH3 is 1.